The lowest BCUT2D eigenvalue weighted by atomic mass is 9.99. The zero-order valence-corrected chi connectivity index (χ0v) is 12.2. The van der Waals surface area contributed by atoms with E-state index >= 15 is 0 Å². The van der Waals surface area contributed by atoms with Crippen LogP contribution in [0.1, 0.15) is 44.5 Å². The van der Waals surface area contributed by atoms with E-state index in [1.54, 1.807) is 26.8 Å². The fourth-order valence-corrected chi connectivity index (χ4v) is 2.85. The summed E-state index contributed by atoms with van der Waals surface area (Å²) in [5, 5.41) is 0. The molecular formula is C17H15NO3. The first-order chi connectivity index (χ1) is 10.1. The van der Waals surface area contributed by atoms with Crippen LogP contribution in [0.25, 0.3) is 11.3 Å². The number of aromatic nitrogens is 1. The molecule has 0 amide bonds. The van der Waals surface area contributed by atoms with Gasteiger partial charge in [0.15, 0.2) is 5.78 Å². The van der Waals surface area contributed by atoms with E-state index in [-0.39, 0.29) is 5.78 Å². The number of carbonyl (C=O) groups excluding carboxylic acids is 2. The molecule has 1 aromatic heterocycles. The van der Waals surface area contributed by atoms with Crippen LogP contribution in [0.5, 0.6) is 0 Å². The molecule has 0 saturated heterocycles. The molecule has 2 aromatic rings. The molecule has 0 saturated carbocycles. The number of fused-ring (bicyclic) bond motifs is 3. The van der Waals surface area contributed by atoms with Crippen molar-refractivity contribution in [2.75, 3.05) is 6.61 Å². The molecule has 0 N–H and O–H groups in total. The van der Waals surface area contributed by atoms with Crippen molar-refractivity contribution in [2.24, 2.45) is 0 Å². The molecule has 0 radical (unpaired) electrons. The first-order valence-electron chi connectivity index (χ1n) is 6.88. The maximum absolute atomic E-state index is 12.6. The monoisotopic (exact) mass is 281 g/mol. The second-order valence-corrected chi connectivity index (χ2v) is 5.02. The molecule has 1 aromatic carbocycles. The summed E-state index contributed by atoms with van der Waals surface area (Å²) in [4.78, 5) is 29.1. The molecule has 21 heavy (non-hydrogen) atoms. The van der Waals surface area contributed by atoms with Crippen molar-refractivity contribution < 1.29 is 14.3 Å². The summed E-state index contributed by atoms with van der Waals surface area (Å²) < 4.78 is 5.07. The average molecular weight is 281 g/mol. The van der Waals surface area contributed by atoms with Gasteiger partial charge in [0.25, 0.3) is 0 Å². The fraction of sp³-hybridized carbons (Fsp3) is 0.235. The number of esters is 1. The van der Waals surface area contributed by atoms with Gasteiger partial charge in [-0.05, 0) is 26.3 Å². The van der Waals surface area contributed by atoms with E-state index in [0.29, 0.717) is 40.2 Å². The van der Waals surface area contributed by atoms with E-state index in [0.717, 1.165) is 5.56 Å². The van der Waals surface area contributed by atoms with E-state index in [1.165, 1.54) is 0 Å². The van der Waals surface area contributed by atoms with E-state index < -0.39 is 5.97 Å². The first kappa shape index (κ1) is 13.5. The Morgan fingerprint density at radius 1 is 1.19 bits per heavy atom. The normalized spacial score (nSPS) is 12.0. The van der Waals surface area contributed by atoms with Crippen LogP contribution in [0, 0.1) is 13.8 Å². The summed E-state index contributed by atoms with van der Waals surface area (Å²) >= 11 is 0. The summed E-state index contributed by atoms with van der Waals surface area (Å²) in [6, 6.07) is 7.39. The standard InChI is InChI=1S/C17H15NO3/c1-4-21-17(20)13-9(2)14-15(18-10(13)3)11-7-5-6-8-12(11)16(14)19/h5-8H,4H2,1-3H3. The van der Waals surface area contributed by atoms with Crippen LogP contribution in [-0.2, 0) is 4.74 Å². The molecule has 1 aliphatic rings. The highest BCUT2D eigenvalue weighted by Crippen LogP contribution is 2.38. The Morgan fingerprint density at radius 2 is 1.86 bits per heavy atom. The van der Waals surface area contributed by atoms with Crippen LogP contribution >= 0.6 is 0 Å². The van der Waals surface area contributed by atoms with E-state index in [2.05, 4.69) is 4.98 Å². The third-order valence-electron chi connectivity index (χ3n) is 3.76. The molecule has 4 nitrogen and oxygen atoms in total. The Kier molecular flexibility index (Phi) is 3.09. The van der Waals surface area contributed by atoms with Crippen molar-refractivity contribution in [2.45, 2.75) is 20.8 Å². The number of aryl methyl sites for hydroxylation is 1. The Labute approximate surface area is 122 Å². The maximum Gasteiger partial charge on any atom is 0.340 e. The van der Waals surface area contributed by atoms with E-state index in [9.17, 15) is 9.59 Å². The second-order valence-electron chi connectivity index (χ2n) is 5.02. The van der Waals surface area contributed by atoms with Crippen LogP contribution in [-0.4, -0.2) is 23.3 Å². The van der Waals surface area contributed by atoms with E-state index in [1.807, 2.05) is 18.2 Å². The predicted octanol–water partition coefficient (Wildman–Crippen LogP) is 3.09. The molecule has 0 spiro atoms. The molecule has 106 valence electrons. The van der Waals surface area contributed by atoms with Crippen molar-refractivity contribution in [1.82, 2.24) is 4.98 Å². The molecule has 4 heteroatoms. The number of ketones is 1. The molecule has 1 aliphatic carbocycles. The molecule has 0 fully saturated rings. The molecule has 0 bridgehead atoms. The Balaban J connectivity index is 2.27. The first-order valence-corrected chi connectivity index (χ1v) is 6.88. The van der Waals surface area contributed by atoms with Gasteiger partial charge in [-0.25, -0.2) is 4.79 Å². The van der Waals surface area contributed by atoms with Crippen LogP contribution < -0.4 is 0 Å². The molecular weight excluding hydrogens is 266 g/mol. The minimum Gasteiger partial charge on any atom is -0.462 e. The number of carbonyl (C=O) groups is 2. The van der Waals surface area contributed by atoms with Crippen molar-refractivity contribution in [3.63, 3.8) is 0 Å². The zero-order chi connectivity index (χ0) is 15.1. The number of ether oxygens (including phenoxy) is 1. The van der Waals surface area contributed by atoms with Gasteiger partial charge in [0.2, 0.25) is 0 Å². The topological polar surface area (TPSA) is 56.3 Å². The number of hydrogen-bond donors (Lipinski definition) is 0. The molecule has 0 atom stereocenters. The smallest absolute Gasteiger partial charge is 0.340 e. The largest absolute Gasteiger partial charge is 0.462 e. The van der Waals surface area contributed by atoms with Gasteiger partial charge in [-0.2, -0.15) is 0 Å². The minimum atomic E-state index is -0.424. The number of benzene rings is 1. The van der Waals surface area contributed by atoms with Gasteiger partial charge < -0.3 is 4.74 Å². The molecule has 0 unspecified atom stereocenters. The summed E-state index contributed by atoms with van der Waals surface area (Å²) in [6.07, 6.45) is 0. The van der Waals surface area contributed by atoms with Crippen LogP contribution in [0.15, 0.2) is 24.3 Å². The lowest BCUT2D eigenvalue weighted by Gasteiger charge is -2.12. The Hall–Kier alpha value is -2.49. The third-order valence-corrected chi connectivity index (χ3v) is 3.76. The second kappa shape index (κ2) is 4.81. The minimum absolute atomic E-state index is 0.0730. The van der Waals surface area contributed by atoms with Crippen molar-refractivity contribution in [1.29, 1.82) is 0 Å². The lowest BCUT2D eigenvalue weighted by molar-refractivity contribution is 0.0524. The van der Waals surface area contributed by atoms with Gasteiger partial charge in [0, 0.05) is 11.1 Å². The van der Waals surface area contributed by atoms with E-state index in [4.69, 9.17) is 4.74 Å². The summed E-state index contributed by atoms with van der Waals surface area (Å²) in [6.45, 7) is 5.60. The number of hydrogen-bond acceptors (Lipinski definition) is 4. The average Bonchev–Trinajstić information content (AvgIpc) is 2.73. The van der Waals surface area contributed by atoms with Crippen molar-refractivity contribution in [3.05, 3.63) is 52.2 Å². The lowest BCUT2D eigenvalue weighted by Crippen LogP contribution is -2.13. The van der Waals surface area contributed by atoms with Crippen LogP contribution in [0.4, 0.5) is 0 Å². The van der Waals surface area contributed by atoms with Crippen LogP contribution in [0.2, 0.25) is 0 Å². The Morgan fingerprint density at radius 3 is 2.52 bits per heavy atom. The van der Waals surface area contributed by atoms with Gasteiger partial charge in [-0.3, -0.25) is 9.78 Å². The maximum atomic E-state index is 12.6. The van der Waals surface area contributed by atoms with Gasteiger partial charge in [-0.15, -0.1) is 0 Å². The SMILES string of the molecule is CCOC(=O)c1c(C)nc2c(c1C)C(=O)c1ccccc1-2. The number of rotatable bonds is 2. The van der Waals surface area contributed by atoms with Gasteiger partial charge in [-0.1, -0.05) is 24.3 Å². The summed E-state index contributed by atoms with van der Waals surface area (Å²) in [5.74, 6) is -0.497. The number of pyridine rings is 1. The third kappa shape index (κ3) is 1.87. The van der Waals surface area contributed by atoms with Gasteiger partial charge in [0.05, 0.1) is 29.1 Å². The molecule has 3 rings (SSSR count). The van der Waals surface area contributed by atoms with Crippen molar-refractivity contribution >= 4 is 11.8 Å². The predicted molar refractivity (Wildman–Crippen MR) is 78.5 cm³/mol. The quantitative estimate of drug-likeness (QED) is 0.677. The summed E-state index contributed by atoms with van der Waals surface area (Å²) in [5.41, 5.74) is 4.30. The highest BCUT2D eigenvalue weighted by Gasteiger charge is 2.32. The van der Waals surface area contributed by atoms with Gasteiger partial charge >= 0.3 is 5.97 Å². The number of nitrogens with zero attached hydrogens (tertiary/aromatic N) is 1. The summed E-state index contributed by atoms with van der Waals surface area (Å²) in [7, 11) is 0. The highest BCUT2D eigenvalue weighted by molar-refractivity contribution is 6.22. The Bertz CT molecular complexity index is 778. The highest BCUT2D eigenvalue weighted by atomic mass is 16.5. The molecule has 1 heterocycles. The molecule has 0 aliphatic heterocycles. The van der Waals surface area contributed by atoms with Crippen LogP contribution in [0.3, 0.4) is 0 Å². The van der Waals surface area contributed by atoms with Crippen molar-refractivity contribution in [3.8, 4) is 11.3 Å². The van der Waals surface area contributed by atoms with Gasteiger partial charge in [0.1, 0.15) is 0 Å². The zero-order valence-electron chi connectivity index (χ0n) is 12.2. The fourth-order valence-electron chi connectivity index (χ4n) is 2.85.